The normalized spacial score (nSPS) is 22.2. The summed E-state index contributed by atoms with van der Waals surface area (Å²) in [4.78, 5) is 27.2. The molecule has 148 valence electrons. The Balaban J connectivity index is 1.52. The lowest BCUT2D eigenvalue weighted by molar-refractivity contribution is -0.165. The molecule has 1 N–H and O–H groups in total. The van der Waals surface area contributed by atoms with Crippen LogP contribution < -0.4 is 10.1 Å². The molecular weight excluding hydrogens is 364 g/mol. The summed E-state index contributed by atoms with van der Waals surface area (Å²) in [6.07, 6.45) is 2.61. The van der Waals surface area contributed by atoms with Crippen molar-refractivity contribution < 1.29 is 19.1 Å². The summed E-state index contributed by atoms with van der Waals surface area (Å²) in [5, 5.41) is 13.8. The summed E-state index contributed by atoms with van der Waals surface area (Å²) < 4.78 is 12.4. The Hall–Kier alpha value is -3.01. The number of aromatic nitrogens is 4. The second-order valence-corrected chi connectivity index (χ2v) is 6.85. The fourth-order valence-electron chi connectivity index (χ4n) is 3.44. The SMILES string of the molecule is COc1ccc([C@@H]2[C@@H](C(=O)NCCn3cnnn3)OCC(=O)N2C2CC2)cc1. The third-order valence-corrected chi connectivity index (χ3v) is 4.95. The van der Waals surface area contributed by atoms with Gasteiger partial charge < -0.3 is 19.7 Å². The van der Waals surface area contributed by atoms with E-state index in [0.29, 0.717) is 18.8 Å². The molecule has 0 radical (unpaired) electrons. The van der Waals surface area contributed by atoms with Crippen molar-refractivity contribution in [2.75, 3.05) is 20.3 Å². The zero-order chi connectivity index (χ0) is 19.5. The topological polar surface area (TPSA) is 111 Å². The highest BCUT2D eigenvalue weighted by atomic mass is 16.5. The zero-order valence-corrected chi connectivity index (χ0v) is 15.5. The van der Waals surface area contributed by atoms with Gasteiger partial charge in [0.25, 0.3) is 5.91 Å². The van der Waals surface area contributed by atoms with Gasteiger partial charge in [0.15, 0.2) is 6.10 Å². The van der Waals surface area contributed by atoms with Gasteiger partial charge in [-0.1, -0.05) is 12.1 Å². The lowest BCUT2D eigenvalue weighted by atomic mass is 9.96. The minimum absolute atomic E-state index is 0.0824. The van der Waals surface area contributed by atoms with Gasteiger partial charge in [0.2, 0.25) is 5.91 Å². The number of carbonyl (C=O) groups is 2. The molecule has 2 aromatic rings. The molecule has 10 heteroatoms. The van der Waals surface area contributed by atoms with Gasteiger partial charge in [-0.3, -0.25) is 9.59 Å². The van der Waals surface area contributed by atoms with E-state index < -0.39 is 12.1 Å². The Morgan fingerprint density at radius 2 is 2.11 bits per heavy atom. The molecule has 2 atom stereocenters. The van der Waals surface area contributed by atoms with Crippen LogP contribution >= 0.6 is 0 Å². The lowest BCUT2D eigenvalue weighted by Crippen LogP contribution is -2.55. The zero-order valence-electron chi connectivity index (χ0n) is 15.5. The molecular formula is C18H22N6O4. The molecule has 1 saturated carbocycles. The van der Waals surface area contributed by atoms with Gasteiger partial charge in [-0.25, -0.2) is 4.68 Å². The maximum absolute atomic E-state index is 12.9. The maximum atomic E-state index is 12.9. The Kier molecular flexibility index (Phi) is 5.20. The molecule has 2 amide bonds. The van der Waals surface area contributed by atoms with E-state index in [0.717, 1.165) is 18.4 Å². The third-order valence-electron chi connectivity index (χ3n) is 4.95. The van der Waals surface area contributed by atoms with Crippen molar-refractivity contribution in [1.29, 1.82) is 0 Å². The molecule has 1 aromatic carbocycles. The van der Waals surface area contributed by atoms with Gasteiger partial charge in [-0.15, -0.1) is 5.10 Å². The average Bonchev–Trinajstić information content (AvgIpc) is 3.42. The van der Waals surface area contributed by atoms with Gasteiger partial charge in [-0.2, -0.15) is 0 Å². The smallest absolute Gasteiger partial charge is 0.251 e. The summed E-state index contributed by atoms with van der Waals surface area (Å²) in [6, 6.07) is 7.11. The Labute approximate surface area is 161 Å². The molecule has 2 heterocycles. The van der Waals surface area contributed by atoms with Crippen molar-refractivity contribution in [3.8, 4) is 5.75 Å². The fourth-order valence-corrected chi connectivity index (χ4v) is 3.44. The van der Waals surface area contributed by atoms with E-state index >= 15 is 0 Å². The highest BCUT2D eigenvalue weighted by Gasteiger charge is 2.47. The largest absolute Gasteiger partial charge is 0.497 e. The minimum Gasteiger partial charge on any atom is -0.497 e. The van der Waals surface area contributed by atoms with Crippen LogP contribution in [0.15, 0.2) is 30.6 Å². The number of tetrazole rings is 1. The number of nitrogens with one attached hydrogen (secondary N) is 1. The number of methoxy groups -OCH3 is 1. The number of morpholine rings is 1. The first-order chi connectivity index (χ1) is 13.7. The van der Waals surface area contributed by atoms with Gasteiger partial charge in [-0.05, 0) is 41.0 Å². The molecule has 0 bridgehead atoms. The Bertz CT molecular complexity index is 821. The maximum Gasteiger partial charge on any atom is 0.251 e. The molecule has 0 unspecified atom stereocenters. The molecule has 1 aromatic heterocycles. The van der Waals surface area contributed by atoms with Crippen molar-refractivity contribution in [2.24, 2.45) is 0 Å². The molecule has 1 saturated heterocycles. The summed E-state index contributed by atoms with van der Waals surface area (Å²) in [7, 11) is 1.60. The summed E-state index contributed by atoms with van der Waals surface area (Å²) >= 11 is 0. The van der Waals surface area contributed by atoms with Gasteiger partial charge in [0.1, 0.15) is 18.7 Å². The van der Waals surface area contributed by atoms with E-state index in [-0.39, 0.29) is 24.5 Å². The number of amides is 2. The van der Waals surface area contributed by atoms with Crippen molar-refractivity contribution in [2.45, 2.75) is 37.6 Å². The number of benzene rings is 1. The number of nitrogens with zero attached hydrogens (tertiary/aromatic N) is 5. The quantitative estimate of drug-likeness (QED) is 0.709. The fraction of sp³-hybridized carbons (Fsp3) is 0.500. The van der Waals surface area contributed by atoms with Crippen LogP contribution in [0.25, 0.3) is 0 Å². The summed E-state index contributed by atoms with van der Waals surface area (Å²) in [6.45, 7) is 0.717. The second-order valence-electron chi connectivity index (χ2n) is 6.85. The van der Waals surface area contributed by atoms with Crippen LogP contribution in [0.2, 0.25) is 0 Å². The minimum atomic E-state index is -0.777. The monoisotopic (exact) mass is 386 g/mol. The predicted octanol–water partition coefficient (Wildman–Crippen LogP) is -0.0710. The second kappa shape index (κ2) is 7.93. The van der Waals surface area contributed by atoms with E-state index in [1.54, 1.807) is 7.11 Å². The van der Waals surface area contributed by atoms with Gasteiger partial charge >= 0.3 is 0 Å². The first-order valence-corrected chi connectivity index (χ1v) is 9.22. The Morgan fingerprint density at radius 3 is 2.75 bits per heavy atom. The van der Waals surface area contributed by atoms with Gasteiger partial charge in [0.05, 0.1) is 19.7 Å². The lowest BCUT2D eigenvalue weighted by Gasteiger charge is -2.40. The summed E-state index contributed by atoms with van der Waals surface area (Å²) in [5.74, 6) is 0.375. The number of ether oxygens (including phenoxy) is 2. The number of rotatable bonds is 7. The van der Waals surface area contributed by atoms with E-state index in [1.165, 1.54) is 11.0 Å². The molecule has 0 spiro atoms. The standard InChI is InChI=1S/C18H22N6O4/c1-27-14-6-2-12(3-7-14)16-17(28-10-15(25)24(16)13-4-5-13)18(26)19-8-9-23-11-20-21-22-23/h2-3,6-7,11,13,16-17H,4-5,8-10H2,1H3,(H,19,26)/t16-,17+/m1/s1. The highest BCUT2D eigenvalue weighted by Crippen LogP contribution is 2.39. The molecule has 1 aliphatic heterocycles. The number of carbonyl (C=O) groups excluding carboxylic acids is 2. The van der Waals surface area contributed by atoms with Gasteiger partial charge in [0, 0.05) is 12.6 Å². The van der Waals surface area contributed by atoms with Crippen LogP contribution in [0.5, 0.6) is 5.75 Å². The third kappa shape index (κ3) is 3.81. The van der Waals surface area contributed by atoms with Crippen molar-refractivity contribution in [3.63, 3.8) is 0 Å². The predicted molar refractivity (Wildman–Crippen MR) is 96.2 cm³/mol. The molecule has 1 aliphatic carbocycles. The first kappa shape index (κ1) is 18.4. The molecule has 2 fully saturated rings. The highest BCUT2D eigenvalue weighted by molar-refractivity contribution is 5.86. The number of hydrogen-bond donors (Lipinski definition) is 1. The molecule has 4 rings (SSSR count). The summed E-state index contributed by atoms with van der Waals surface area (Å²) in [5.41, 5.74) is 0.848. The van der Waals surface area contributed by atoms with Crippen LogP contribution in [0.1, 0.15) is 24.4 Å². The van der Waals surface area contributed by atoms with Crippen LogP contribution in [0.4, 0.5) is 0 Å². The van der Waals surface area contributed by atoms with E-state index in [2.05, 4.69) is 20.8 Å². The van der Waals surface area contributed by atoms with Crippen molar-refractivity contribution >= 4 is 11.8 Å². The molecule has 2 aliphatic rings. The van der Waals surface area contributed by atoms with Crippen LogP contribution in [-0.4, -0.2) is 69.3 Å². The van der Waals surface area contributed by atoms with Crippen LogP contribution in [0, 0.1) is 0 Å². The average molecular weight is 386 g/mol. The van der Waals surface area contributed by atoms with E-state index in [9.17, 15) is 9.59 Å². The molecule has 28 heavy (non-hydrogen) atoms. The Morgan fingerprint density at radius 1 is 1.32 bits per heavy atom. The number of hydrogen-bond acceptors (Lipinski definition) is 7. The van der Waals surface area contributed by atoms with Crippen molar-refractivity contribution in [1.82, 2.24) is 30.4 Å². The van der Waals surface area contributed by atoms with Crippen LogP contribution in [-0.2, 0) is 20.9 Å². The first-order valence-electron chi connectivity index (χ1n) is 9.22. The van der Waals surface area contributed by atoms with E-state index in [1.807, 2.05) is 29.2 Å². The van der Waals surface area contributed by atoms with E-state index in [4.69, 9.17) is 9.47 Å². The van der Waals surface area contributed by atoms with Crippen LogP contribution in [0.3, 0.4) is 0 Å². The molecule has 10 nitrogen and oxygen atoms in total. The van der Waals surface area contributed by atoms with Crippen molar-refractivity contribution in [3.05, 3.63) is 36.2 Å².